The van der Waals surface area contributed by atoms with Crippen molar-refractivity contribution in [2.45, 2.75) is 143 Å². The molecule has 7 N–H and O–H groups in total. The molecule has 4 bridgehead atoms. The summed E-state index contributed by atoms with van der Waals surface area (Å²) in [6, 6.07) is 18.9. The Morgan fingerprint density at radius 3 is 1.65 bits per heavy atom. The fourth-order valence-electron chi connectivity index (χ4n) is 8.40. The highest BCUT2D eigenvalue weighted by Gasteiger charge is 2.36. The zero-order chi connectivity index (χ0) is 59.8. The molecule has 1 heterocycles. The van der Waals surface area contributed by atoms with Gasteiger partial charge in [0.2, 0.25) is 17.7 Å². The number of likely N-dealkylation sites (N-methyl/N-ethyl adjacent to an activating group) is 1. The highest BCUT2D eigenvalue weighted by molar-refractivity contribution is 5.99. The summed E-state index contributed by atoms with van der Waals surface area (Å²) in [5.74, 6) is -3.83. The number of hydrogen-bond acceptors (Lipinski definition) is 13. The van der Waals surface area contributed by atoms with Crippen LogP contribution in [0, 0.1) is 6.92 Å². The SMILES string of the molecule is Cc1ccc(-c2ccc(C(=O)N[C@@H](CCCCNC(=O)OC(C)(C)C)C(=O)N(C)[C@@H]3C(=O)N[C@@H](C)C(=O)N[C@H](C(=O)O)Cc4ccc(OCCNC(=O)OC(C)(C)C)c(c4)-c4cc3ccc4OCCNC(=O)OC(C)(C)C)cc2)cc1. The van der Waals surface area contributed by atoms with Gasteiger partial charge in [0.15, 0.2) is 0 Å². The van der Waals surface area contributed by atoms with Crippen molar-refractivity contribution in [1.29, 1.82) is 0 Å². The van der Waals surface area contributed by atoms with E-state index in [-0.39, 0.29) is 68.3 Å². The van der Waals surface area contributed by atoms with Crippen LogP contribution in [0.1, 0.15) is 122 Å². The second-order valence-corrected chi connectivity index (χ2v) is 22.7. The van der Waals surface area contributed by atoms with Crippen LogP contribution in [0.2, 0.25) is 0 Å². The molecule has 5 rings (SSSR count). The number of carbonyl (C=O) groups is 8. The van der Waals surface area contributed by atoms with Crippen LogP contribution in [-0.4, -0.2) is 133 Å². The predicted molar refractivity (Wildman–Crippen MR) is 304 cm³/mol. The maximum absolute atomic E-state index is 15.2. The van der Waals surface area contributed by atoms with Gasteiger partial charge >= 0.3 is 24.2 Å². The molecule has 1 aliphatic rings. The molecule has 4 aromatic carbocycles. The van der Waals surface area contributed by atoms with Gasteiger partial charge in [-0.3, -0.25) is 19.2 Å². The topological polar surface area (TPSA) is 278 Å². The lowest BCUT2D eigenvalue weighted by Gasteiger charge is -2.32. The minimum absolute atomic E-state index is 0.00293. The van der Waals surface area contributed by atoms with Crippen LogP contribution in [-0.2, 0) is 39.8 Å². The van der Waals surface area contributed by atoms with E-state index in [2.05, 4.69) is 31.9 Å². The first-order chi connectivity index (χ1) is 38.0. The number of ether oxygens (including phenoxy) is 5. The van der Waals surface area contributed by atoms with Gasteiger partial charge in [0.25, 0.3) is 5.91 Å². The zero-order valence-electron chi connectivity index (χ0n) is 48.5. The summed E-state index contributed by atoms with van der Waals surface area (Å²) in [6.45, 7) is 19.0. The molecule has 7 amide bonds. The average molecular weight is 1120 g/mol. The van der Waals surface area contributed by atoms with E-state index in [1.54, 1.807) is 123 Å². The van der Waals surface area contributed by atoms with Crippen LogP contribution in [0.25, 0.3) is 22.3 Å². The summed E-state index contributed by atoms with van der Waals surface area (Å²) in [7, 11) is 1.39. The van der Waals surface area contributed by atoms with Crippen molar-refractivity contribution in [3.8, 4) is 33.8 Å². The third-order valence-corrected chi connectivity index (χ3v) is 12.2. The van der Waals surface area contributed by atoms with Crippen LogP contribution in [0.5, 0.6) is 11.5 Å². The largest absolute Gasteiger partial charge is 0.491 e. The molecule has 4 aromatic rings. The number of carboxylic acid groups (broad SMARTS) is 1. The Labute approximate surface area is 473 Å². The van der Waals surface area contributed by atoms with Crippen LogP contribution in [0.3, 0.4) is 0 Å². The number of unbranched alkanes of at least 4 members (excludes halogenated alkanes) is 1. The Balaban J connectivity index is 1.59. The van der Waals surface area contributed by atoms with Gasteiger partial charge in [0.1, 0.15) is 65.7 Å². The van der Waals surface area contributed by atoms with Crippen molar-refractivity contribution < 1.29 is 67.1 Å². The van der Waals surface area contributed by atoms with E-state index in [0.29, 0.717) is 29.5 Å². The minimum Gasteiger partial charge on any atom is -0.491 e. The molecular formula is C60H79N7O14. The van der Waals surface area contributed by atoms with Gasteiger partial charge in [0, 0.05) is 36.7 Å². The second kappa shape index (κ2) is 28.2. The summed E-state index contributed by atoms with van der Waals surface area (Å²) in [4.78, 5) is 110. The maximum atomic E-state index is 15.2. The number of benzene rings is 4. The van der Waals surface area contributed by atoms with E-state index >= 15 is 4.79 Å². The molecule has 0 unspecified atom stereocenters. The van der Waals surface area contributed by atoms with Crippen LogP contribution >= 0.6 is 0 Å². The van der Waals surface area contributed by atoms with Gasteiger partial charge in [0.05, 0.1) is 13.1 Å². The first kappa shape index (κ1) is 63.5. The number of carbonyl (C=O) groups excluding carboxylic acids is 7. The van der Waals surface area contributed by atoms with Gasteiger partial charge in [-0.05, 0) is 154 Å². The lowest BCUT2D eigenvalue weighted by Crippen LogP contribution is -2.54. The molecule has 4 atom stereocenters. The quantitative estimate of drug-likeness (QED) is 0.0349. The molecule has 438 valence electrons. The Morgan fingerprint density at radius 2 is 1.14 bits per heavy atom. The standard InChI is InChI=1S/C60H79N7O14/c1-36-16-19-39(20-17-36)40-21-23-41(24-22-40)51(69)65-45(15-13-14-28-61-55(74)79-58(3,4)5)53(71)67(12)49-42-25-27-48(78-32-30-63-57(76)81-60(9,10)11)44(35-42)43-33-38(34-46(54(72)73)66-50(68)37(2)64-52(49)70)18-26-47(43)77-31-29-62-56(75)80-59(6,7)8/h16-27,33,35,37,45-46,49H,13-15,28-32,34H2,1-12H3,(H,61,74)(H,62,75)(H,63,76)(H,64,70)(H,65,69)(H,66,68)(H,72,73)/t37-,45-,46-,49-/m0/s1. The molecular weight excluding hydrogens is 1040 g/mol. The summed E-state index contributed by atoms with van der Waals surface area (Å²) in [5.41, 5.74) is 2.20. The van der Waals surface area contributed by atoms with Crippen LogP contribution < -0.4 is 41.4 Å². The first-order valence-electron chi connectivity index (χ1n) is 27.0. The van der Waals surface area contributed by atoms with Crippen LogP contribution in [0.4, 0.5) is 14.4 Å². The number of rotatable bonds is 19. The molecule has 0 aliphatic carbocycles. The van der Waals surface area contributed by atoms with E-state index in [4.69, 9.17) is 23.7 Å². The molecule has 0 saturated carbocycles. The number of fused-ring (bicyclic) bond motifs is 5. The van der Waals surface area contributed by atoms with E-state index in [0.717, 1.165) is 21.6 Å². The molecule has 1 aliphatic heterocycles. The molecule has 0 saturated heterocycles. The Kier molecular flexibility index (Phi) is 22.1. The fourth-order valence-corrected chi connectivity index (χ4v) is 8.40. The second-order valence-electron chi connectivity index (χ2n) is 22.7. The summed E-state index contributed by atoms with van der Waals surface area (Å²) in [5, 5.41) is 26.5. The lowest BCUT2D eigenvalue weighted by molar-refractivity contribution is -0.143. The Bertz CT molecular complexity index is 2870. The van der Waals surface area contributed by atoms with Crippen LogP contribution in [0.15, 0.2) is 84.9 Å². The molecule has 21 nitrogen and oxygen atoms in total. The maximum Gasteiger partial charge on any atom is 0.407 e. The van der Waals surface area contributed by atoms with E-state index in [9.17, 15) is 38.7 Å². The predicted octanol–water partition coefficient (Wildman–Crippen LogP) is 7.76. The summed E-state index contributed by atoms with van der Waals surface area (Å²) < 4.78 is 28.8. The number of hydrogen-bond donors (Lipinski definition) is 7. The van der Waals surface area contributed by atoms with Gasteiger partial charge in [-0.2, -0.15) is 0 Å². The Hall–Kier alpha value is -8.36. The third kappa shape index (κ3) is 20.4. The number of amides is 7. The fraction of sp³-hybridized carbons (Fsp3) is 0.467. The molecule has 0 aromatic heterocycles. The third-order valence-electron chi connectivity index (χ3n) is 12.2. The number of alkyl carbamates (subject to hydrolysis) is 3. The Morgan fingerprint density at radius 1 is 0.642 bits per heavy atom. The number of carboxylic acids is 1. The van der Waals surface area contributed by atoms with Crippen molar-refractivity contribution in [3.63, 3.8) is 0 Å². The summed E-state index contributed by atoms with van der Waals surface area (Å²) in [6.07, 6.45) is -1.42. The lowest BCUT2D eigenvalue weighted by atomic mass is 9.93. The van der Waals surface area contributed by atoms with E-state index in [1.807, 2.05) is 31.2 Å². The highest BCUT2D eigenvalue weighted by atomic mass is 16.6. The highest BCUT2D eigenvalue weighted by Crippen LogP contribution is 2.40. The molecule has 81 heavy (non-hydrogen) atoms. The number of aliphatic carboxylic acids is 1. The van der Waals surface area contributed by atoms with Crippen molar-refractivity contribution >= 4 is 47.9 Å². The minimum atomic E-state index is -1.53. The van der Waals surface area contributed by atoms with Crippen molar-refractivity contribution in [3.05, 3.63) is 107 Å². The normalized spacial score (nSPS) is 15.9. The molecule has 0 fully saturated rings. The van der Waals surface area contributed by atoms with E-state index < -0.39 is 88.8 Å². The van der Waals surface area contributed by atoms with Gasteiger partial charge in [-0.1, -0.05) is 54.1 Å². The first-order valence-corrected chi connectivity index (χ1v) is 27.0. The smallest absolute Gasteiger partial charge is 0.407 e. The van der Waals surface area contributed by atoms with Crippen molar-refractivity contribution in [2.24, 2.45) is 0 Å². The number of nitrogens with one attached hydrogen (secondary N) is 6. The molecule has 21 heteroatoms. The number of aryl methyl sites for hydroxylation is 1. The molecule has 0 radical (unpaired) electrons. The molecule has 0 spiro atoms. The van der Waals surface area contributed by atoms with Crippen molar-refractivity contribution in [2.75, 3.05) is 39.9 Å². The van der Waals surface area contributed by atoms with Gasteiger partial charge in [-0.15, -0.1) is 0 Å². The average Bonchev–Trinajstić information content (AvgIpc) is 3.42. The summed E-state index contributed by atoms with van der Waals surface area (Å²) >= 11 is 0. The number of nitrogens with zero attached hydrogens (tertiary/aromatic N) is 1. The monoisotopic (exact) mass is 1120 g/mol. The van der Waals surface area contributed by atoms with Gasteiger partial charge in [-0.25, -0.2) is 19.2 Å². The van der Waals surface area contributed by atoms with Crippen molar-refractivity contribution in [1.82, 2.24) is 36.8 Å². The zero-order valence-corrected chi connectivity index (χ0v) is 48.5. The van der Waals surface area contributed by atoms with E-state index in [1.165, 1.54) is 14.0 Å². The van der Waals surface area contributed by atoms with Gasteiger partial charge < -0.3 is 65.6 Å².